The Kier molecular flexibility index (Phi) is 4.69. The highest BCUT2D eigenvalue weighted by atomic mass is 16.1. The fraction of sp³-hybridized carbons (Fsp3) is 0.750. The standard InChI is InChI=1S/C12H19NO/c1-2-3-4-8-12(14)10-6-5-7-11(13)9-10/h10-11H,4-9,13H2,1H3. The predicted molar refractivity (Wildman–Crippen MR) is 57.6 cm³/mol. The van der Waals surface area contributed by atoms with Crippen LogP contribution in [-0.2, 0) is 4.79 Å². The summed E-state index contributed by atoms with van der Waals surface area (Å²) in [5, 5.41) is 0. The number of rotatable bonds is 3. The van der Waals surface area contributed by atoms with Gasteiger partial charge in [-0.3, -0.25) is 4.79 Å². The van der Waals surface area contributed by atoms with Crippen molar-refractivity contribution in [1.29, 1.82) is 0 Å². The summed E-state index contributed by atoms with van der Waals surface area (Å²) in [7, 11) is 0. The molecule has 1 aliphatic rings. The summed E-state index contributed by atoms with van der Waals surface area (Å²) in [5.41, 5.74) is 5.84. The van der Waals surface area contributed by atoms with E-state index in [4.69, 9.17) is 5.73 Å². The smallest absolute Gasteiger partial charge is 0.136 e. The van der Waals surface area contributed by atoms with Gasteiger partial charge in [-0.15, -0.1) is 11.8 Å². The lowest BCUT2D eigenvalue weighted by atomic mass is 9.82. The third-order valence-corrected chi connectivity index (χ3v) is 2.84. The minimum Gasteiger partial charge on any atom is -0.328 e. The number of Topliss-reactive ketones (excluding diaryl/α,β-unsaturated/α-hetero) is 1. The molecule has 0 amide bonds. The zero-order chi connectivity index (χ0) is 10.4. The molecule has 2 nitrogen and oxygen atoms in total. The van der Waals surface area contributed by atoms with Gasteiger partial charge in [0.25, 0.3) is 0 Å². The zero-order valence-corrected chi connectivity index (χ0v) is 8.88. The first-order chi connectivity index (χ1) is 6.74. The van der Waals surface area contributed by atoms with Crippen LogP contribution in [0, 0.1) is 17.8 Å². The summed E-state index contributed by atoms with van der Waals surface area (Å²) in [6.07, 6.45) is 5.43. The largest absolute Gasteiger partial charge is 0.328 e. The number of ketones is 1. The summed E-state index contributed by atoms with van der Waals surface area (Å²) in [6, 6.07) is 0.245. The average molecular weight is 193 g/mol. The Morgan fingerprint density at radius 1 is 1.50 bits per heavy atom. The maximum Gasteiger partial charge on any atom is 0.136 e. The Bertz CT molecular complexity index is 249. The van der Waals surface area contributed by atoms with Crippen molar-refractivity contribution in [2.75, 3.05) is 0 Å². The van der Waals surface area contributed by atoms with Gasteiger partial charge in [0.05, 0.1) is 0 Å². The summed E-state index contributed by atoms with van der Waals surface area (Å²) >= 11 is 0. The number of nitrogens with two attached hydrogens (primary N) is 1. The van der Waals surface area contributed by atoms with E-state index in [1.54, 1.807) is 6.92 Å². The molecule has 2 heteroatoms. The van der Waals surface area contributed by atoms with Crippen molar-refractivity contribution in [3.8, 4) is 11.8 Å². The SMILES string of the molecule is CC#CCCC(=O)C1CCCC(N)C1. The van der Waals surface area contributed by atoms with Gasteiger partial charge in [0, 0.05) is 24.8 Å². The van der Waals surface area contributed by atoms with E-state index in [9.17, 15) is 4.79 Å². The number of carbonyl (C=O) groups excluding carboxylic acids is 1. The van der Waals surface area contributed by atoms with Crippen LogP contribution in [0.4, 0.5) is 0 Å². The van der Waals surface area contributed by atoms with E-state index in [1.165, 1.54) is 0 Å². The van der Waals surface area contributed by atoms with Crippen molar-refractivity contribution >= 4 is 5.78 Å². The minimum atomic E-state index is 0.220. The van der Waals surface area contributed by atoms with E-state index >= 15 is 0 Å². The van der Waals surface area contributed by atoms with Crippen LogP contribution >= 0.6 is 0 Å². The molecule has 1 rings (SSSR count). The van der Waals surface area contributed by atoms with Crippen molar-refractivity contribution in [2.45, 2.75) is 51.5 Å². The second-order valence-electron chi connectivity index (χ2n) is 4.02. The van der Waals surface area contributed by atoms with Crippen LogP contribution in [0.2, 0.25) is 0 Å². The molecule has 0 saturated heterocycles. The summed E-state index contributed by atoms with van der Waals surface area (Å²) in [4.78, 5) is 11.7. The second kappa shape index (κ2) is 5.82. The third kappa shape index (κ3) is 3.51. The van der Waals surface area contributed by atoms with Gasteiger partial charge < -0.3 is 5.73 Å². The molecule has 0 aromatic carbocycles. The van der Waals surface area contributed by atoms with E-state index in [-0.39, 0.29) is 12.0 Å². The summed E-state index contributed by atoms with van der Waals surface area (Å²) in [6.45, 7) is 1.81. The van der Waals surface area contributed by atoms with Crippen molar-refractivity contribution in [2.24, 2.45) is 11.7 Å². The van der Waals surface area contributed by atoms with Crippen LogP contribution in [0.1, 0.15) is 45.4 Å². The maximum atomic E-state index is 11.7. The molecule has 78 valence electrons. The first-order valence-electron chi connectivity index (χ1n) is 5.42. The molecule has 0 spiro atoms. The Balaban J connectivity index is 2.31. The molecule has 1 saturated carbocycles. The molecule has 1 fully saturated rings. The lowest BCUT2D eigenvalue weighted by Gasteiger charge is -2.25. The van der Waals surface area contributed by atoms with Gasteiger partial charge in [0.1, 0.15) is 5.78 Å². The van der Waals surface area contributed by atoms with Gasteiger partial charge in [-0.2, -0.15) is 0 Å². The van der Waals surface area contributed by atoms with Gasteiger partial charge in [0.2, 0.25) is 0 Å². The highest BCUT2D eigenvalue weighted by molar-refractivity contribution is 5.81. The molecule has 2 N–H and O–H groups in total. The molecular formula is C12H19NO. The molecule has 2 unspecified atom stereocenters. The molecular weight excluding hydrogens is 174 g/mol. The van der Waals surface area contributed by atoms with Gasteiger partial charge >= 0.3 is 0 Å². The van der Waals surface area contributed by atoms with Crippen LogP contribution < -0.4 is 5.73 Å². The molecule has 0 bridgehead atoms. The van der Waals surface area contributed by atoms with Gasteiger partial charge in [-0.25, -0.2) is 0 Å². The van der Waals surface area contributed by atoms with Crippen LogP contribution in [0.5, 0.6) is 0 Å². The minimum absolute atomic E-state index is 0.220. The van der Waals surface area contributed by atoms with Crippen molar-refractivity contribution in [1.82, 2.24) is 0 Å². The van der Waals surface area contributed by atoms with Crippen LogP contribution in [0.3, 0.4) is 0 Å². The first-order valence-corrected chi connectivity index (χ1v) is 5.42. The van der Waals surface area contributed by atoms with E-state index in [0.29, 0.717) is 18.6 Å². The molecule has 0 radical (unpaired) electrons. The summed E-state index contributed by atoms with van der Waals surface area (Å²) in [5.74, 6) is 6.32. The molecule has 0 heterocycles. The maximum absolute atomic E-state index is 11.7. The molecule has 1 aliphatic carbocycles. The normalized spacial score (nSPS) is 26.4. The molecule has 0 aromatic heterocycles. The molecule has 14 heavy (non-hydrogen) atoms. The van der Waals surface area contributed by atoms with E-state index in [1.807, 2.05) is 0 Å². The van der Waals surface area contributed by atoms with Crippen LogP contribution in [-0.4, -0.2) is 11.8 Å². The Morgan fingerprint density at radius 3 is 2.93 bits per heavy atom. The van der Waals surface area contributed by atoms with Crippen molar-refractivity contribution in [3.05, 3.63) is 0 Å². The highest BCUT2D eigenvalue weighted by Gasteiger charge is 2.24. The van der Waals surface area contributed by atoms with Gasteiger partial charge in [-0.1, -0.05) is 6.42 Å². The molecule has 0 aromatic rings. The number of hydrogen-bond acceptors (Lipinski definition) is 2. The fourth-order valence-electron chi connectivity index (χ4n) is 2.03. The highest BCUT2D eigenvalue weighted by Crippen LogP contribution is 2.24. The van der Waals surface area contributed by atoms with Crippen LogP contribution in [0.25, 0.3) is 0 Å². The molecule has 2 atom stereocenters. The van der Waals surface area contributed by atoms with Crippen molar-refractivity contribution < 1.29 is 4.79 Å². The topological polar surface area (TPSA) is 43.1 Å². The second-order valence-corrected chi connectivity index (χ2v) is 4.02. The Labute approximate surface area is 86.2 Å². The lowest BCUT2D eigenvalue weighted by Crippen LogP contribution is -2.31. The zero-order valence-electron chi connectivity index (χ0n) is 8.88. The van der Waals surface area contributed by atoms with Gasteiger partial charge in [-0.05, 0) is 26.2 Å². The first kappa shape index (κ1) is 11.3. The number of carbonyl (C=O) groups is 1. The van der Waals surface area contributed by atoms with E-state index in [0.717, 1.165) is 25.7 Å². The lowest BCUT2D eigenvalue weighted by molar-refractivity contribution is -0.123. The number of hydrogen-bond donors (Lipinski definition) is 1. The van der Waals surface area contributed by atoms with E-state index < -0.39 is 0 Å². The average Bonchev–Trinajstić information content (AvgIpc) is 2.18. The Hall–Kier alpha value is -0.810. The monoisotopic (exact) mass is 193 g/mol. The third-order valence-electron chi connectivity index (χ3n) is 2.84. The van der Waals surface area contributed by atoms with E-state index in [2.05, 4.69) is 11.8 Å². The quantitative estimate of drug-likeness (QED) is 0.695. The predicted octanol–water partition coefficient (Wildman–Crippen LogP) is 1.88. The van der Waals surface area contributed by atoms with Crippen LogP contribution in [0.15, 0.2) is 0 Å². The summed E-state index contributed by atoms with van der Waals surface area (Å²) < 4.78 is 0. The Morgan fingerprint density at radius 2 is 2.29 bits per heavy atom. The van der Waals surface area contributed by atoms with Gasteiger partial charge in [0.15, 0.2) is 0 Å². The van der Waals surface area contributed by atoms with Crippen molar-refractivity contribution in [3.63, 3.8) is 0 Å². The fourth-order valence-corrected chi connectivity index (χ4v) is 2.03. The molecule has 0 aliphatic heterocycles.